The summed E-state index contributed by atoms with van der Waals surface area (Å²) in [5, 5.41) is 3.42. The van der Waals surface area contributed by atoms with Crippen LogP contribution in [0, 0.1) is 0 Å². The van der Waals surface area contributed by atoms with Crippen molar-refractivity contribution in [2.75, 3.05) is 0 Å². The highest BCUT2D eigenvalue weighted by Gasteiger charge is 2.02. The standard InChI is InChI=1S/C13H16N2S/c1-10(2)15-9-12-5-6-13(16-12)11-4-3-7-14-8-11/h3-8,10,15H,9H2,1-2H3. The molecule has 0 atom stereocenters. The maximum Gasteiger partial charge on any atom is 0.0361 e. The van der Waals surface area contributed by atoms with E-state index in [0.717, 1.165) is 6.54 Å². The summed E-state index contributed by atoms with van der Waals surface area (Å²) in [6.07, 6.45) is 3.71. The second-order valence-electron chi connectivity index (χ2n) is 4.04. The number of hydrogen-bond donors (Lipinski definition) is 1. The largest absolute Gasteiger partial charge is 0.310 e. The van der Waals surface area contributed by atoms with Crippen molar-refractivity contribution in [2.24, 2.45) is 0 Å². The summed E-state index contributed by atoms with van der Waals surface area (Å²) in [4.78, 5) is 6.79. The van der Waals surface area contributed by atoms with E-state index in [0.29, 0.717) is 6.04 Å². The van der Waals surface area contributed by atoms with Gasteiger partial charge >= 0.3 is 0 Å². The van der Waals surface area contributed by atoms with Crippen molar-refractivity contribution in [3.05, 3.63) is 41.5 Å². The predicted molar refractivity (Wildman–Crippen MR) is 69.5 cm³/mol. The molecule has 16 heavy (non-hydrogen) atoms. The van der Waals surface area contributed by atoms with Crippen LogP contribution in [0.2, 0.25) is 0 Å². The van der Waals surface area contributed by atoms with E-state index in [4.69, 9.17) is 0 Å². The van der Waals surface area contributed by atoms with Gasteiger partial charge in [0.15, 0.2) is 0 Å². The lowest BCUT2D eigenvalue weighted by atomic mass is 10.2. The zero-order chi connectivity index (χ0) is 11.4. The van der Waals surface area contributed by atoms with Gasteiger partial charge in [0.05, 0.1) is 0 Å². The fraction of sp³-hybridized carbons (Fsp3) is 0.308. The van der Waals surface area contributed by atoms with Gasteiger partial charge in [-0.25, -0.2) is 0 Å². The molecule has 0 fully saturated rings. The van der Waals surface area contributed by atoms with Gasteiger partial charge in [-0.15, -0.1) is 11.3 Å². The lowest BCUT2D eigenvalue weighted by molar-refractivity contribution is 0.593. The number of nitrogens with one attached hydrogen (secondary N) is 1. The first-order valence-corrected chi connectivity index (χ1v) is 6.30. The Morgan fingerprint density at radius 3 is 2.88 bits per heavy atom. The van der Waals surface area contributed by atoms with Gasteiger partial charge in [0.25, 0.3) is 0 Å². The molecule has 0 unspecified atom stereocenters. The van der Waals surface area contributed by atoms with Gasteiger partial charge in [0.1, 0.15) is 0 Å². The maximum absolute atomic E-state index is 4.14. The van der Waals surface area contributed by atoms with Gasteiger partial charge in [0.2, 0.25) is 0 Å². The molecule has 0 aliphatic heterocycles. The predicted octanol–water partition coefficient (Wildman–Crippen LogP) is 3.31. The number of rotatable bonds is 4. The molecule has 2 aromatic heterocycles. The van der Waals surface area contributed by atoms with Crippen molar-refractivity contribution in [3.63, 3.8) is 0 Å². The molecular weight excluding hydrogens is 216 g/mol. The Morgan fingerprint density at radius 1 is 1.31 bits per heavy atom. The maximum atomic E-state index is 4.14. The molecule has 0 saturated heterocycles. The zero-order valence-electron chi connectivity index (χ0n) is 9.60. The molecule has 0 aromatic carbocycles. The van der Waals surface area contributed by atoms with Gasteiger partial charge in [-0.2, -0.15) is 0 Å². The molecule has 0 spiro atoms. The monoisotopic (exact) mass is 232 g/mol. The van der Waals surface area contributed by atoms with Crippen LogP contribution in [0.25, 0.3) is 10.4 Å². The molecule has 84 valence electrons. The highest BCUT2D eigenvalue weighted by Crippen LogP contribution is 2.27. The minimum atomic E-state index is 0.531. The number of hydrogen-bond acceptors (Lipinski definition) is 3. The van der Waals surface area contributed by atoms with Crippen molar-refractivity contribution in [1.29, 1.82) is 0 Å². The number of aromatic nitrogens is 1. The number of nitrogens with zero attached hydrogens (tertiary/aromatic N) is 1. The Labute approximate surface area is 100 Å². The van der Waals surface area contributed by atoms with E-state index >= 15 is 0 Å². The van der Waals surface area contributed by atoms with Crippen molar-refractivity contribution in [2.45, 2.75) is 26.4 Å². The van der Waals surface area contributed by atoms with Crippen LogP contribution in [0.4, 0.5) is 0 Å². The van der Waals surface area contributed by atoms with Crippen molar-refractivity contribution in [1.82, 2.24) is 10.3 Å². The van der Waals surface area contributed by atoms with Crippen LogP contribution in [0.15, 0.2) is 36.7 Å². The third-order valence-electron chi connectivity index (χ3n) is 2.29. The van der Waals surface area contributed by atoms with E-state index in [2.05, 4.69) is 42.3 Å². The average molecular weight is 232 g/mol. The van der Waals surface area contributed by atoms with Crippen LogP contribution in [-0.4, -0.2) is 11.0 Å². The van der Waals surface area contributed by atoms with Crippen molar-refractivity contribution < 1.29 is 0 Å². The van der Waals surface area contributed by atoms with E-state index in [1.54, 1.807) is 6.20 Å². The Balaban J connectivity index is 2.08. The molecule has 2 aromatic rings. The van der Waals surface area contributed by atoms with Crippen molar-refractivity contribution in [3.8, 4) is 10.4 Å². The molecule has 0 radical (unpaired) electrons. The van der Waals surface area contributed by atoms with Crippen LogP contribution in [0.3, 0.4) is 0 Å². The quantitative estimate of drug-likeness (QED) is 0.874. The average Bonchev–Trinajstić information content (AvgIpc) is 2.76. The van der Waals surface area contributed by atoms with E-state index in [9.17, 15) is 0 Å². The zero-order valence-corrected chi connectivity index (χ0v) is 10.4. The summed E-state index contributed by atoms with van der Waals surface area (Å²) in [7, 11) is 0. The third kappa shape index (κ3) is 2.90. The summed E-state index contributed by atoms with van der Waals surface area (Å²) >= 11 is 1.83. The molecular formula is C13H16N2S. The first-order valence-electron chi connectivity index (χ1n) is 5.48. The molecule has 2 rings (SSSR count). The van der Waals surface area contributed by atoms with Gasteiger partial charge in [0, 0.05) is 40.3 Å². The van der Waals surface area contributed by atoms with Crippen LogP contribution in [-0.2, 0) is 6.54 Å². The highest BCUT2D eigenvalue weighted by molar-refractivity contribution is 7.15. The Hall–Kier alpha value is -1.19. The van der Waals surface area contributed by atoms with E-state index < -0.39 is 0 Å². The number of thiophene rings is 1. The third-order valence-corrected chi connectivity index (χ3v) is 3.43. The molecule has 2 nitrogen and oxygen atoms in total. The molecule has 2 heterocycles. The van der Waals surface area contributed by atoms with Gasteiger partial charge < -0.3 is 5.32 Å². The van der Waals surface area contributed by atoms with Crippen molar-refractivity contribution >= 4 is 11.3 Å². The first kappa shape index (κ1) is 11.3. The first-order chi connectivity index (χ1) is 7.75. The molecule has 0 aliphatic rings. The molecule has 1 N–H and O–H groups in total. The summed E-state index contributed by atoms with van der Waals surface area (Å²) in [6.45, 7) is 5.27. The van der Waals surface area contributed by atoms with Crippen LogP contribution < -0.4 is 5.32 Å². The summed E-state index contributed by atoms with van der Waals surface area (Å²) in [6, 6.07) is 8.95. The van der Waals surface area contributed by atoms with Crippen LogP contribution >= 0.6 is 11.3 Å². The smallest absolute Gasteiger partial charge is 0.0361 e. The SMILES string of the molecule is CC(C)NCc1ccc(-c2cccnc2)s1. The van der Waals surface area contributed by atoms with E-state index in [1.165, 1.54) is 15.3 Å². The second-order valence-corrected chi connectivity index (χ2v) is 5.21. The van der Waals surface area contributed by atoms with Gasteiger partial charge in [-0.1, -0.05) is 19.9 Å². The fourth-order valence-corrected chi connectivity index (χ4v) is 2.39. The summed E-state index contributed by atoms with van der Waals surface area (Å²) in [5.74, 6) is 0. The lowest BCUT2D eigenvalue weighted by Crippen LogP contribution is -2.21. The number of pyridine rings is 1. The minimum Gasteiger partial charge on any atom is -0.310 e. The molecule has 0 amide bonds. The summed E-state index contributed by atoms with van der Waals surface area (Å²) in [5.41, 5.74) is 1.20. The van der Waals surface area contributed by atoms with Gasteiger partial charge in [-0.3, -0.25) is 4.98 Å². The molecule has 0 bridgehead atoms. The Morgan fingerprint density at radius 2 is 2.19 bits per heavy atom. The minimum absolute atomic E-state index is 0.531. The topological polar surface area (TPSA) is 24.9 Å². The summed E-state index contributed by atoms with van der Waals surface area (Å²) < 4.78 is 0. The molecule has 3 heteroatoms. The Kier molecular flexibility index (Phi) is 3.70. The Bertz CT molecular complexity index is 434. The molecule has 0 aliphatic carbocycles. The highest BCUT2D eigenvalue weighted by atomic mass is 32.1. The molecule has 0 saturated carbocycles. The second kappa shape index (κ2) is 5.23. The van der Waals surface area contributed by atoms with Crippen LogP contribution in [0.1, 0.15) is 18.7 Å². The fourth-order valence-electron chi connectivity index (χ4n) is 1.44. The van der Waals surface area contributed by atoms with E-state index in [-0.39, 0.29) is 0 Å². The van der Waals surface area contributed by atoms with Gasteiger partial charge in [-0.05, 0) is 18.2 Å². The lowest BCUT2D eigenvalue weighted by Gasteiger charge is -2.05. The van der Waals surface area contributed by atoms with Crippen LogP contribution in [0.5, 0.6) is 0 Å². The normalized spacial score (nSPS) is 10.9. The van der Waals surface area contributed by atoms with E-state index in [1.807, 2.05) is 23.6 Å².